The fourth-order valence-corrected chi connectivity index (χ4v) is 3.57. The summed E-state index contributed by atoms with van der Waals surface area (Å²) in [5, 5.41) is 12.2. The van der Waals surface area contributed by atoms with Crippen LogP contribution in [-0.2, 0) is 10.8 Å². The zero-order valence-corrected chi connectivity index (χ0v) is 16.4. The lowest BCUT2D eigenvalue weighted by Gasteiger charge is -2.28. The number of aryl methyl sites for hydroxylation is 1. The maximum atomic E-state index is 11.0. The number of aromatic nitrogens is 1. The molecule has 0 saturated carbocycles. The summed E-state index contributed by atoms with van der Waals surface area (Å²) >= 11 is 0. The summed E-state index contributed by atoms with van der Waals surface area (Å²) in [6.45, 7) is 15.0. The highest BCUT2D eigenvalue weighted by Crippen LogP contribution is 2.43. The molecule has 0 spiro atoms. The molecule has 1 heterocycles. The van der Waals surface area contributed by atoms with Gasteiger partial charge in [-0.25, -0.2) is 0 Å². The van der Waals surface area contributed by atoms with Crippen LogP contribution in [0.25, 0.3) is 22.0 Å². The van der Waals surface area contributed by atoms with Crippen LogP contribution in [0.1, 0.15) is 58.4 Å². The van der Waals surface area contributed by atoms with Gasteiger partial charge in [0, 0.05) is 33.3 Å². The number of aromatic amines is 1. The SMILES string of the molecule is Cc1[nH]c2ccccc2c1-c1cc(C(C)(C)C)c(O)c(C(C)(C)C)c1. The Kier molecular flexibility index (Phi) is 3.98. The van der Waals surface area contributed by atoms with E-state index in [1.54, 1.807) is 0 Å². The minimum atomic E-state index is -0.125. The van der Waals surface area contributed by atoms with E-state index in [1.165, 1.54) is 16.5 Å². The van der Waals surface area contributed by atoms with Crippen molar-refractivity contribution in [2.45, 2.75) is 59.3 Å². The third-order valence-electron chi connectivity index (χ3n) is 4.91. The van der Waals surface area contributed by atoms with Crippen molar-refractivity contribution >= 4 is 10.9 Å². The van der Waals surface area contributed by atoms with Gasteiger partial charge in [-0.3, -0.25) is 0 Å². The largest absolute Gasteiger partial charge is 0.507 e. The minimum Gasteiger partial charge on any atom is -0.507 e. The molecule has 0 aliphatic rings. The predicted octanol–water partition coefficient (Wildman–Crippen LogP) is 6.44. The highest BCUT2D eigenvalue weighted by molar-refractivity contribution is 5.97. The minimum absolute atomic E-state index is 0.125. The van der Waals surface area contributed by atoms with Gasteiger partial charge in [0.1, 0.15) is 5.75 Å². The van der Waals surface area contributed by atoms with Crippen LogP contribution in [0.4, 0.5) is 0 Å². The van der Waals surface area contributed by atoms with Crippen LogP contribution in [-0.4, -0.2) is 10.1 Å². The van der Waals surface area contributed by atoms with Crippen molar-refractivity contribution in [1.29, 1.82) is 0 Å². The smallest absolute Gasteiger partial charge is 0.123 e. The lowest BCUT2D eigenvalue weighted by atomic mass is 9.77. The highest BCUT2D eigenvalue weighted by atomic mass is 16.3. The van der Waals surface area contributed by atoms with Crippen molar-refractivity contribution in [1.82, 2.24) is 4.98 Å². The topological polar surface area (TPSA) is 36.0 Å². The Hall–Kier alpha value is -2.22. The van der Waals surface area contributed by atoms with Crippen molar-refractivity contribution in [3.63, 3.8) is 0 Å². The summed E-state index contributed by atoms with van der Waals surface area (Å²) < 4.78 is 0. The van der Waals surface area contributed by atoms with E-state index in [-0.39, 0.29) is 10.8 Å². The summed E-state index contributed by atoms with van der Waals surface area (Å²) in [4.78, 5) is 3.49. The van der Waals surface area contributed by atoms with Crippen molar-refractivity contribution in [2.24, 2.45) is 0 Å². The number of phenols is 1. The third kappa shape index (κ3) is 3.06. The molecule has 2 nitrogen and oxygen atoms in total. The quantitative estimate of drug-likeness (QED) is 0.527. The number of aromatic hydroxyl groups is 1. The van der Waals surface area contributed by atoms with Gasteiger partial charge in [-0.15, -0.1) is 0 Å². The van der Waals surface area contributed by atoms with E-state index in [2.05, 4.69) is 89.8 Å². The zero-order chi connectivity index (χ0) is 18.6. The number of benzene rings is 2. The fraction of sp³-hybridized carbons (Fsp3) is 0.391. The Labute approximate surface area is 150 Å². The summed E-state index contributed by atoms with van der Waals surface area (Å²) in [5.41, 5.74) is 6.46. The first-order valence-electron chi connectivity index (χ1n) is 8.96. The molecule has 2 heteroatoms. The van der Waals surface area contributed by atoms with E-state index in [9.17, 15) is 5.11 Å². The van der Waals surface area contributed by atoms with E-state index in [0.29, 0.717) is 5.75 Å². The molecule has 25 heavy (non-hydrogen) atoms. The molecular formula is C23H29NO. The van der Waals surface area contributed by atoms with Gasteiger partial charge in [-0.1, -0.05) is 59.7 Å². The van der Waals surface area contributed by atoms with Gasteiger partial charge >= 0.3 is 0 Å². The monoisotopic (exact) mass is 335 g/mol. The number of H-pyrrole nitrogens is 1. The van der Waals surface area contributed by atoms with Crippen LogP contribution >= 0.6 is 0 Å². The first kappa shape index (κ1) is 17.6. The molecule has 0 aliphatic heterocycles. The van der Waals surface area contributed by atoms with Crippen LogP contribution in [0.5, 0.6) is 5.75 Å². The number of phenolic OH excluding ortho intramolecular Hbond substituents is 1. The number of nitrogens with one attached hydrogen (secondary N) is 1. The average Bonchev–Trinajstić information content (AvgIpc) is 2.81. The Morgan fingerprint density at radius 3 is 1.88 bits per heavy atom. The lowest BCUT2D eigenvalue weighted by Crippen LogP contribution is -2.17. The summed E-state index contributed by atoms with van der Waals surface area (Å²) in [6.07, 6.45) is 0. The molecule has 0 saturated heterocycles. The van der Waals surface area contributed by atoms with Gasteiger partial charge in [-0.05, 0) is 41.5 Å². The summed E-state index contributed by atoms with van der Waals surface area (Å²) in [6, 6.07) is 12.7. The molecule has 2 aromatic carbocycles. The normalized spacial score (nSPS) is 12.8. The predicted molar refractivity (Wildman–Crippen MR) is 108 cm³/mol. The molecule has 0 atom stereocenters. The Morgan fingerprint density at radius 1 is 0.840 bits per heavy atom. The molecule has 1 aromatic heterocycles. The molecule has 132 valence electrons. The second kappa shape index (κ2) is 5.66. The maximum absolute atomic E-state index is 11.0. The maximum Gasteiger partial charge on any atom is 0.123 e. The Bertz CT molecular complexity index is 898. The van der Waals surface area contributed by atoms with E-state index in [0.717, 1.165) is 22.3 Å². The van der Waals surface area contributed by atoms with Gasteiger partial charge in [0.15, 0.2) is 0 Å². The van der Waals surface area contributed by atoms with Gasteiger partial charge < -0.3 is 10.1 Å². The standard InChI is InChI=1S/C23H29NO/c1-14-20(16-10-8-9-11-19(16)24-14)15-12-17(22(2,3)4)21(25)18(13-15)23(5,6)7/h8-13,24-25H,1-7H3. The number of rotatable bonds is 1. The first-order chi connectivity index (χ1) is 11.5. The van der Waals surface area contributed by atoms with Crippen LogP contribution in [0, 0.1) is 6.92 Å². The molecule has 2 N–H and O–H groups in total. The second-order valence-corrected chi connectivity index (χ2v) is 9.09. The van der Waals surface area contributed by atoms with E-state index >= 15 is 0 Å². The molecule has 0 aliphatic carbocycles. The number of para-hydroxylation sites is 1. The zero-order valence-electron chi connectivity index (χ0n) is 16.4. The van der Waals surface area contributed by atoms with Crippen LogP contribution in [0.2, 0.25) is 0 Å². The van der Waals surface area contributed by atoms with Gasteiger partial charge in [-0.2, -0.15) is 0 Å². The Balaban J connectivity index is 2.38. The first-order valence-corrected chi connectivity index (χ1v) is 8.96. The van der Waals surface area contributed by atoms with Gasteiger partial charge in [0.25, 0.3) is 0 Å². The van der Waals surface area contributed by atoms with E-state index in [4.69, 9.17) is 0 Å². The van der Waals surface area contributed by atoms with E-state index < -0.39 is 0 Å². The number of hydrogen-bond donors (Lipinski definition) is 2. The average molecular weight is 335 g/mol. The second-order valence-electron chi connectivity index (χ2n) is 9.09. The van der Waals surface area contributed by atoms with Crippen LogP contribution in [0.3, 0.4) is 0 Å². The van der Waals surface area contributed by atoms with Crippen molar-refractivity contribution in [3.05, 3.63) is 53.2 Å². The van der Waals surface area contributed by atoms with Crippen molar-refractivity contribution < 1.29 is 5.11 Å². The molecule has 0 amide bonds. The number of hydrogen-bond acceptors (Lipinski definition) is 1. The molecule has 0 fully saturated rings. The summed E-state index contributed by atoms with van der Waals surface area (Å²) in [7, 11) is 0. The molecule has 3 aromatic rings. The Morgan fingerprint density at radius 2 is 1.36 bits per heavy atom. The number of fused-ring (bicyclic) bond motifs is 1. The highest BCUT2D eigenvalue weighted by Gasteiger charge is 2.27. The van der Waals surface area contributed by atoms with Gasteiger partial charge in [0.05, 0.1) is 0 Å². The summed E-state index contributed by atoms with van der Waals surface area (Å²) in [5.74, 6) is 0.432. The lowest BCUT2D eigenvalue weighted by molar-refractivity contribution is 0.423. The molecule has 3 rings (SSSR count). The van der Waals surface area contributed by atoms with Crippen molar-refractivity contribution in [3.8, 4) is 16.9 Å². The third-order valence-corrected chi connectivity index (χ3v) is 4.91. The van der Waals surface area contributed by atoms with Crippen LogP contribution in [0.15, 0.2) is 36.4 Å². The molecule has 0 bridgehead atoms. The van der Waals surface area contributed by atoms with E-state index in [1.807, 2.05) is 0 Å². The van der Waals surface area contributed by atoms with Crippen LogP contribution < -0.4 is 0 Å². The van der Waals surface area contributed by atoms with Crippen molar-refractivity contribution in [2.75, 3.05) is 0 Å². The molecular weight excluding hydrogens is 306 g/mol. The molecule has 0 unspecified atom stereocenters. The van der Waals surface area contributed by atoms with Gasteiger partial charge in [0.2, 0.25) is 0 Å². The molecule has 0 radical (unpaired) electrons. The fourth-order valence-electron chi connectivity index (χ4n) is 3.57.